The zero-order valence-corrected chi connectivity index (χ0v) is 23.1. The van der Waals surface area contributed by atoms with Crippen LogP contribution in [0.4, 0.5) is 10.6 Å². The Hall–Kier alpha value is -3.50. The van der Waals surface area contributed by atoms with E-state index in [1.54, 1.807) is 28.6 Å². The van der Waals surface area contributed by atoms with Gasteiger partial charge in [0, 0.05) is 30.2 Å². The number of rotatable bonds is 5. The minimum atomic E-state index is -0.586. The van der Waals surface area contributed by atoms with Crippen molar-refractivity contribution in [1.82, 2.24) is 24.4 Å². The molecule has 38 heavy (non-hydrogen) atoms. The highest BCUT2D eigenvalue weighted by Crippen LogP contribution is 2.32. The Labute approximate surface area is 229 Å². The highest BCUT2D eigenvalue weighted by atomic mass is 35.5. The third kappa shape index (κ3) is 5.97. The first-order valence-electron chi connectivity index (χ1n) is 12.4. The van der Waals surface area contributed by atoms with Gasteiger partial charge in [0.2, 0.25) is 5.91 Å². The molecule has 0 spiro atoms. The van der Waals surface area contributed by atoms with Crippen LogP contribution in [0.5, 0.6) is 0 Å². The van der Waals surface area contributed by atoms with E-state index in [1.807, 2.05) is 54.4 Å². The molecule has 5 rings (SSSR count). The van der Waals surface area contributed by atoms with Crippen molar-refractivity contribution >= 4 is 51.8 Å². The molecule has 1 fully saturated rings. The molecule has 0 bridgehead atoms. The summed E-state index contributed by atoms with van der Waals surface area (Å²) in [5.74, 6) is -0.135. The van der Waals surface area contributed by atoms with Crippen molar-refractivity contribution in [3.8, 4) is 11.1 Å². The molecule has 0 aliphatic carbocycles. The molecule has 9 nitrogen and oxygen atoms in total. The summed E-state index contributed by atoms with van der Waals surface area (Å²) in [6, 6.07) is 7.71. The number of likely N-dealkylation sites (tertiary alicyclic amines) is 1. The molecule has 1 atom stereocenters. The molecule has 11 heteroatoms. The molecule has 3 aromatic heterocycles. The predicted octanol–water partition coefficient (Wildman–Crippen LogP) is 5.84. The maximum absolute atomic E-state index is 13.1. The van der Waals surface area contributed by atoms with Crippen LogP contribution in [-0.4, -0.2) is 55.1 Å². The largest absolute Gasteiger partial charge is 0.444 e. The monoisotopic (exact) mass is 552 g/mol. The Bertz CT molecular complexity index is 1460. The average molecular weight is 553 g/mol. The van der Waals surface area contributed by atoms with Gasteiger partial charge in [0.1, 0.15) is 11.4 Å². The van der Waals surface area contributed by atoms with Gasteiger partial charge in [-0.25, -0.2) is 19.7 Å². The number of thiazole rings is 1. The van der Waals surface area contributed by atoms with Gasteiger partial charge in [-0.3, -0.25) is 4.79 Å². The number of anilines is 1. The number of benzene rings is 1. The molecule has 1 aliphatic heterocycles. The molecular weight excluding hydrogens is 524 g/mol. The summed E-state index contributed by atoms with van der Waals surface area (Å²) in [7, 11) is 0. The van der Waals surface area contributed by atoms with Gasteiger partial charge in [0.15, 0.2) is 0 Å². The van der Waals surface area contributed by atoms with Crippen molar-refractivity contribution in [2.24, 2.45) is 5.92 Å². The minimum Gasteiger partial charge on any atom is -0.444 e. The second kappa shape index (κ2) is 10.7. The van der Waals surface area contributed by atoms with Crippen LogP contribution in [-0.2, 0) is 16.1 Å². The summed E-state index contributed by atoms with van der Waals surface area (Å²) >= 11 is 8.10. The van der Waals surface area contributed by atoms with E-state index in [0.29, 0.717) is 36.9 Å². The topological polar surface area (TPSA) is 102 Å². The third-order valence-corrected chi connectivity index (χ3v) is 7.23. The van der Waals surface area contributed by atoms with E-state index in [1.165, 1.54) is 6.20 Å². The summed E-state index contributed by atoms with van der Waals surface area (Å²) in [4.78, 5) is 40.4. The standard InChI is InChI=1S/C27H29ClN6O3S/c1-27(2,3)37-26(36)33-8-4-5-18(12-33)25(35)32-24-10-20(21(28)11-29-24)17-6-7-22-23(9-17)34(15-30-22)13-19-14-38-16-31-19/h6-7,9-11,14-16,18H,4-5,8,12-13H2,1-3H3,(H,29,32,35)/t18-/m1/s1. The lowest BCUT2D eigenvalue weighted by atomic mass is 9.97. The summed E-state index contributed by atoms with van der Waals surface area (Å²) in [6.45, 7) is 6.99. The number of nitrogens with one attached hydrogen (secondary N) is 1. The Morgan fingerprint density at radius 3 is 2.82 bits per heavy atom. The Kier molecular flexibility index (Phi) is 7.36. The molecule has 4 aromatic rings. The Morgan fingerprint density at radius 1 is 1.21 bits per heavy atom. The molecule has 0 radical (unpaired) electrons. The van der Waals surface area contributed by atoms with Crippen LogP contribution in [0.1, 0.15) is 39.3 Å². The Morgan fingerprint density at radius 2 is 2.05 bits per heavy atom. The number of amides is 2. The molecule has 1 saturated heterocycles. The highest BCUT2D eigenvalue weighted by molar-refractivity contribution is 7.07. The molecule has 0 unspecified atom stereocenters. The summed E-state index contributed by atoms with van der Waals surface area (Å²) < 4.78 is 7.53. The smallest absolute Gasteiger partial charge is 0.410 e. The third-order valence-electron chi connectivity index (χ3n) is 6.30. The zero-order valence-electron chi connectivity index (χ0n) is 21.5. The van der Waals surface area contributed by atoms with Crippen LogP contribution in [0.2, 0.25) is 5.02 Å². The van der Waals surface area contributed by atoms with E-state index in [-0.39, 0.29) is 11.8 Å². The van der Waals surface area contributed by atoms with Crippen LogP contribution in [0, 0.1) is 5.92 Å². The van der Waals surface area contributed by atoms with Crippen LogP contribution < -0.4 is 5.32 Å². The molecule has 4 heterocycles. The lowest BCUT2D eigenvalue weighted by molar-refractivity contribution is -0.121. The van der Waals surface area contributed by atoms with Crippen LogP contribution in [0.3, 0.4) is 0 Å². The Balaban J connectivity index is 1.33. The number of halogens is 1. The number of ether oxygens (including phenoxy) is 1. The van der Waals surface area contributed by atoms with Crippen molar-refractivity contribution in [1.29, 1.82) is 0 Å². The van der Waals surface area contributed by atoms with Crippen molar-refractivity contribution < 1.29 is 14.3 Å². The van der Waals surface area contributed by atoms with Crippen molar-refractivity contribution in [3.63, 3.8) is 0 Å². The van der Waals surface area contributed by atoms with Crippen molar-refractivity contribution in [2.45, 2.75) is 45.8 Å². The first kappa shape index (κ1) is 26.1. The second-order valence-electron chi connectivity index (χ2n) is 10.4. The zero-order chi connectivity index (χ0) is 26.9. The average Bonchev–Trinajstić information content (AvgIpc) is 3.54. The first-order chi connectivity index (χ1) is 18.2. The van der Waals surface area contributed by atoms with E-state index < -0.39 is 11.7 Å². The number of carbonyl (C=O) groups is 2. The maximum Gasteiger partial charge on any atom is 0.410 e. The van der Waals surface area contributed by atoms with Crippen molar-refractivity contribution in [2.75, 3.05) is 18.4 Å². The van der Waals surface area contributed by atoms with E-state index in [2.05, 4.69) is 20.3 Å². The first-order valence-corrected chi connectivity index (χ1v) is 13.7. The van der Waals surface area contributed by atoms with E-state index in [0.717, 1.165) is 34.3 Å². The van der Waals surface area contributed by atoms with Gasteiger partial charge in [-0.2, -0.15) is 0 Å². The van der Waals surface area contributed by atoms with Gasteiger partial charge in [-0.1, -0.05) is 17.7 Å². The summed E-state index contributed by atoms with van der Waals surface area (Å²) in [5, 5.41) is 5.41. The minimum absolute atomic E-state index is 0.184. The quantitative estimate of drug-likeness (QED) is 0.333. The SMILES string of the molecule is CC(C)(C)OC(=O)N1CCC[C@@H](C(=O)Nc2cc(-c3ccc4ncn(Cc5cscn5)c4c3)c(Cl)cn2)C1. The highest BCUT2D eigenvalue weighted by Gasteiger charge is 2.31. The van der Waals surface area contributed by atoms with Gasteiger partial charge in [-0.15, -0.1) is 11.3 Å². The van der Waals surface area contributed by atoms with Gasteiger partial charge in [0.25, 0.3) is 0 Å². The molecule has 2 amide bonds. The number of pyridine rings is 1. The molecule has 198 valence electrons. The maximum atomic E-state index is 13.1. The van der Waals surface area contributed by atoms with Crippen molar-refractivity contribution in [3.05, 3.63) is 58.4 Å². The normalized spacial score (nSPS) is 16.0. The van der Waals surface area contributed by atoms with E-state index >= 15 is 0 Å². The molecule has 1 aliphatic rings. The summed E-state index contributed by atoms with van der Waals surface area (Å²) in [6.07, 6.45) is 4.36. The molecular formula is C27H29ClN6O3S. The number of nitrogens with zero attached hydrogens (tertiary/aromatic N) is 5. The van der Waals surface area contributed by atoms with Crippen LogP contribution in [0.25, 0.3) is 22.2 Å². The lowest BCUT2D eigenvalue weighted by Crippen LogP contribution is -2.45. The fraction of sp³-hybridized carbons (Fsp3) is 0.370. The number of fused-ring (bicyclic) bond motifs is 1. The van der Waals surface area contributed by atoms with Crippen LogP contribution in [0.15, 0.2) is 47.7 Å². The van der Waals surface area contributed by atoms with Crippen LogP contribution >= 0.6 is 22.9 Å². The van der Waals surface area contributed by atoms with E-state index in [4.69, 9.17) is 16.3 Å². The number of hydrogen-bond donors (Lipinski definition) is 1. The summed E-state index contributed by atoms with van der Waals surface area (Å²) in [5.41, 5.74) is 5.66. The van der Waals surface area contributed by atoms with Gasteiger partial charge >= 0.3 is 6.09 Å². The van der Waals surface area contributed by atoms with E-state index in [9.17, 15) is 9.59 Å². The molecule has 1 N–H and O–H groups in total. The number of imidazole rings is 1. The van der Waals surface area contributed by atoms with Gasteiger partial charge in [-0.05, 0) is 57.4 Å². The van der Waals surface area contributed by atoms with Gasteiger partial charge < -0.3 is 19.5 Å². The predicted molar refractivity (Wildman–Crippen MR) is 148 cm³/mol. The number of piperidine rings is 1. The number of carbonyl (C=O) groups excluding carboxylic acids is 2. The van der Waals surface area contributed by atoms with Gasteiger partial charge in [0.05, 0.1) is 46.1 Å². The number of aromatic nitrogens is 4. The molecule has 1 aromatic carbocycles. The fourth-order valence-electron chi connectivity index (χ4n) is 4.48. The fourth-order valence-corrected chi connectivity index (χ4v) is 5.24. The number of hydrogen-bond acceptors (Lipinski definition) is 7. The molecule has 0 saturated carbocycles. The second-order valence-corrected chi connectivity index (χ2v) is 11.5. The lowest BCUT2D eigenvalue weighted by Gasteiger charge is -2.33.